The minimum atomic E-state index is 0.540. The van der Waals surface area contributed by atoms with Gasteiger partial charge in [0.25, 0.3) is 0 Å². The molecule has 0 aliphatic carbocycles. The Labute approximate surface area is 122 Å². The van der Waals surface area contributed by atoms with Gasteiger partial charge in [0, 0.05) is 17.0 Å². The number of carbonyl (C=O) groups excluding carboxylic acids is 1. The number of hydrogen-bond acceptors (Lipinski definition) is 2. The summed E-state index contributed by atoms with van der Waals surface area (Å²) in [6, 6.07) is 13.7. The van der Waals surface area contributed by atoms with Gasteiger partial charge in [-0.3, -0.25) is 4.79 Å². The second-order valence-electron chi connectivity index (χ2n) is 4.70. The summed E-state index contributed by atoms with van der Waals surface area (Å²) in [6.07, 6.45) is 3.44. The van der Waals surface area contributed by atoms with E-state index in [4.69, 9.17) is 16.3 Å². The highest BCUT2D eigenvalue weighted by atomic mass is 35.5. The van der Waals surface area contributed by atoms with Gasteiger partial charge in [0.1, 0.15) is 12.0 Å². The molecule has 1 heterocycles. The molecule has 0 radical (unpaired) electrons. The number of aldehydes is 1. The summed E-state index contributed by atoms with van der Waals surface area (Å²) in [5.41, 5.74) is 3.86. The highest BCUT2D eigenvalue weighted by molar-refractivity contribution is 6.30. The predicted molar refractivity (Wildman–Crippen MR) is 81.0 cm³/mol. The zero-order valence-electron chi connectivity index (χ0n) is 10.8. The van der Waals surface area contributed by atoms with Crippen molar-refractivity contribution in [2.45, 2.75) is 6.42 Å². The molecule has 2 aromatic carbocycles. The first-order chi connectivity index (χ1) is 9.76. The number of ether oxygens (including phenoxy) is 1. The smallest absolute Gasteiger partial charge is 0.146 e. The standard InChI is InChI=1S/C17H13ClO2/c18-16-4-1-13(2-5-16)14-3-6-17-15(10-14)9-12(11-19)7-8-20-17/h1-6,9-11H,7-8H2. The Morgan fingerprint density at radius 2 is 1.80 bits per heavy atom. The Morgan fingerprint density at radius 3 is 2.55 bits per heavy atom. The van der Waals surface area contributed by atoms with Gasteiger partial charge in [-0.25, -0.2) is 0 Å². The van der Waals surface area contributed by atoms with Gasteiger partial charge in [0.15, 0.2) is 0 Å². The number of benzene rings is 2. The molecule has 0 bridgehead atoms. The lowest BCUT2D eigenvalue weighted by molar-refractivity contribution is -0.105. The number of rotatable bonds is 2. The van der Waals surface area contributed by atoms with Crippen LogP contribution >= 0.6 is 11.6 Å². The van der Waals surface area contributed by atoms with E-state index in [0.29, 0.717) is 13.0 Å². The fraction of sp³-hybridized carbons (Fsp3) is 0.118. The number of hydrogen-bond donors (Lipinski definition) is 0. The largest absolute Gasteiger partial charge is 0.493 e. The third-order valence-electron chi connectivity index (χ3n) is 3.33. The first-order valence-electron chi connectivity index (χ1n) is 6.45. The highest BCUT2D eigenvalue weighted by Gasteiger charge is 2.10. The van der Waals surface area contributed by atoms with E-state index in [1.54, 1.807) is 0 Å². The van der Waals surface area contributed by atoms with E-state index in [1.807, 2.05) is 48.5 Å². The van der Waals surface area contributed by atoms with Gasteiger partial charge in [0.2, 0.25) is 0 Å². The van der Waals surface area contributed by atoms with Crippen LogP contribution in [0.15, 0.2) is 48.0 Å². The SMILES string of the molecule is O=CC1=Cc2cc(-c3ccc(Cl)cc3)ccc2OCC1. The molecule has 0 unspecified atom stereocenters. The van der Waals surface area contributed by atoms with Crippen LogP contribution in [0.1, 0.15) is 12.0 Å². The topological polar surface area (TPSA) is 26.3 Å². The first-order valence-corrected chi connectivity index (χ1v) is 6.82. The van der Waals surface area contributed by atoms with E-state index >= 15 is 0 Å². The summed E-state index contributed by atoms with van der Waals surface area (Å²) in [7, 11) is 0. The summed E-state index contributed by atoms with van der Waals surface area (Å²) in [6.45, 7) is 0.540. The summed E-state index contributed by atoms with van der Waals surface area (Å²) >= 11 is 5.91. The van der Waals surface area contributed by atoms with Crippen LogP contribution in [0.3, 0.4) is 0 Å². The predicted octanol–water partition coefficient (Wildman–Crippen LogP) is 4.37. The van der Waals surface area contributed by atoms with Gasteiger partial charge >= 0.3 is 0 Å². The Morgan fingerprint density at radius 1 is 1.05 bits per heavy atom. The van der Waals surface area contributed by atoms with Crippen molar-refractivity contribution in [1.82, 2.24) is 0 Å². The molecule has 3 heteroatoms. The van der Waals surface area contributed by atoms with E-state index in [0.717, 1.165) is 39.3 Å². The fourth-order valence-electron chi connectivity index (χ4n) is 2.26. The van der Waals surface area contributed by atoms with Crippen molar-refractivity contribution < 1.29 is 9.53 Å². The lowest BCUT2D eigenvalue weighted by Gasteiger charge is -2.08. The van der Waals surface area contributed by atoms with Gasteiger partial charge in [-0.15, -0.1) is 0 Å². The van der Waals surface area contributed by atoms with Crippen LogP contribution in [0.5, 0.6) is 5.75 Å². The van der Waals surface area contributed by atoms with Crippen molar-refractivity contribution in [3.63, 3.8) is 0 Å². The molecule has 2 aromatic rings. The molecule has 100 valence electrons. The van der Waals surface area contributed by atoms with Crippen molar-refractivity contribution in [2.75, 3.05) is 6.61 Å². The molecule has 0 saturated carbocycles. The average molecular weight is 285 g/mol. The van der Waals surface area contributed by atoms with Crippen LogP contribution in [-0.4, -0.2) is 12.9 Å². The third-order valence-corrected chi connectivity index (χ3v) is 3.58. The Bertz CT molecular complexity index is 672. The Hall–Kier alpha value is -2.06. The van der Waals surface area contributed by atoms with E-state index in [9.17, 15) is 4.79 Å². The van der Waals surface area contributed by atoms with Crippen molar-refractivity contribution in [1.29, 1.82) is 0 Å². The van der Waals surface area contributed by atoms with E-state index in [2.05, 4.69) is 0 Å². The molecule has 0 N–H and O–H groups in total. The van der Waals surface area contributed by atoms with Gasteiger partial charge in [-0.05, 0) is 47.0 Å². The molecule has 0 saturated heterocycles. The van der Waals surface area contributed by atoms with E-state index in [-0.39, 0.29) is 0 Å². The van der Waals surface area contributed by atoms with Crippen LogP contribution in [0.25, 0.3) is 17.2 Å². The van der Waals surface area contributed by atoms with Crippen LogP contribution in [-0.2, 0) is 4.79 Å². The van der Waals surface area contributed by atoms with Crippen molar-refractivity contribution in [3.8, 4) is 16.9 Å². The van der Waals surface area contributed by atoms with Crippen LogP contribution < -0.4 is 4.74 Å². The lowest BCUT2D eigenvalue weighted by atomic mass is 10.0. The minimum Gasteiger partial charge on any atom is -0.493 e. The Kier molecular flexibility index (Phi) is 3.57. The second kappa shape index (κ2) is 5.51. The fourth-order valence-corrected chi connectivity index (χ4v) is 2.38. The summed E-state index contributed by atoms with van der Waals surface area (Å²) in [4.78, 5) is 11.0. The van der Waals surface area contributed by atoms with Crippen molar-refractivity contribution in [2.24, 2.45) is 0 Å². The number of fused-ring (bicyclic) bond motifs is 1. The van der Waals surface area contributed by atoms with Crippen LogP contribution in [0.4, 0.5) is 0 Å². The molecule has 1 aliphatic heterocycles. The molecule has 0 fully saturated rings. The monoisotopic (exact) mass is 284 g/mol. The van der Waals surface area contributed by atoms with Gasteiger partial charge in [-0.2, -0.15) is 0 Å². The molecular weight excluding hydrogens is 272 g/mol. The van der Waals surface area contributed by atoms with Crippen molar-refractivity contribution in [3.05, 3.63) is 58.6 Å². The summed E-state index contributed by atoms with van der Waals surface area (Å²) < 4.78 is 5.66. The maximum atomic E-state index is 11.0. The normalized spacial score (nSPS) is 13.8. The number of carbonyl (C=O) groups is 1. The zero-order valence-corrected chi connectivity index (χ0v) is 11.6. The van der Waals surface area contributed by atoms with Crippen LogP contribution in [0.2, 0.25) is 5.02 Å². The molecular formula is C17H13ClO2. The third kappa shape index (κ3) is 2.61. The van der Waals surface area contributed by atoms with E-state index in [1.165, 1.54) is 0 Å². The molecule has 0 aromatic heterocycles. The highest BCUT2D eigenvalue weighted by Crippen LogP contribution is 2.31. The summed E-state index contributed by atoms with van der Waals surface area (Å²) in [5, 5.41) is 0.718. The van der Waals surface area contributed by atoms with Crippen molar-refractivity contribution >= 4 is 24.0 Å². The molecule has 0 spiro atoms. The quantitative estimate of drug-likeness (QED) is 0.765. The summed E-state index contributed by atoms with van der Waals surface area (Å²) in [5.74, 6) is 0.819. The molecule has 3 rings (SSSR count). The number of halogens is 1. The maximum absolute atomic E-state index is 11.0. The van der Waals surface area contributed by atoms with Crippen LogP contribution in [0, 0.1) is 0 Å². The molecule has 0 amide bonds. The van der Waals surface area contributed by atoms with Gasteiger partial charge in [-0.1, -0.05) is 29.8 Å². The minimum absolute atomic E-state index is 0.540. The zero-order chi connectivity index (χ0) is 13.9. The maximum Gasteiger partial charge on any atom is 0.146 e. The Balaban J connectivity index is 2.05. The molecule has 2 nitrogen and oxygen atoms in total. The molecule has 20 heavy (non-hydrogen) atoms. The molecule has 0 atom stereocenters. The second-order valence-corrected chi connectivity index (χ2v) is 5.13. The van der Waals surface area contributed by atoms with Gasteiger partial charge < -0.3 is 4.74 Å². The first kappa shape index (κ1) is 12.9. The lowest BCUT2D eigenvalue weighted by Crippen LogP contribution is -1.97. The van der Waals surface area contributed by atoms with E-state index < -0.39 is 0 Å². The van der Waals surface area contributed by atoms with Gasteiger partial charge in [0.05, 0.1) is 6.61 Å². The molecule has 1 aliphatic rings. The average Bonchev–Trinajstić information content (AvgIpc) is 2.69.